The molecule has 21 heavy (non-hydrogen) atoms. The van der Waals surface area contributed by atoms with Crippen molar-refractivity contribution >= 4 is 5.91 Å². The molecule has 7 heteroatoms. The van der Waals surface area contributed by atoms with Crippen LogP contribution in [0, 0.1) is 34.7 Å². The Bertz CT molecular complexity index is 642. The van der Waals surface area contributed by atoms with Gasteiger partial charge in [-0.3, -0.25) is 4.79 Å². The van der Waals surface area contributed by atoms with Gasteiger partial charge in [-0.15, -0.1) is 0 Å². The Hall–Kier alpha value is -2.23. The first kappa shape index (κ1) is 15.2. The number of phenols is 1. The van der Waals surface area contributed by atoms with Gasteiger partial charge in [0, 0.05) is 0 Å². The van der Waals surface area contributed by atoms with Gasteiger partial charge in [0.15, 0.2) is 17.4 Å². The minimum atomic E-state index is -1.76. The molecule has 1 aromatic rings. The molecular formula is C14H13F3N2O2. The molecule has 0 radical (unpaired) electrons. The summed E-state index contributed by atoms with van der Waals surface area (Å²) < 4.78 is 39.9. The van der Waals surface area contributed by atoms with E-state index in [-0.39, 0.29) is 5.92 Å². The van der Waals surface area contributed by atoms with Crippen molar-refractivity contribution < 1.29 is 23.1 Å². The predicted octanol–water partition coefficient (Wildman–Crippen LogP) is 2.62. The van der Waals surface area contributed by atoms with Gasteiger partial charge in [-0.05, 0) is 31.2 Å². The number of halogens is 3. The van der Waals surface area contributed by atoms with Crippen LogP contribution in [0.25, 0.3) is 0 Å². The van der Waals surface area contributed by atoms with Crippen molar-refractivity contribution in [2.45, 2.75) is 31.7 Å². The number of hydrogen-bond donors (Lipinski definition) is 2. The summed E-state index contributed by atoms with van der Waals surface area (Å²) in [5, 5.41) is 20.8. The summed E-state index contributed by atoms with van der Waals surface area (Å²) >= 11 is 0. The number of nitrogens with zero attached hydrogens (tertiary/aromatic N) is 1. The van der Waals surface area contributed by atoms with Crippen molar-refractivity contribution in [3.05, 3.63) is 29.1 Å². The van der Waals surface area contributed by atoms with E-state index in [1.54, 1.807) is 6.92 Å². The van der Waals surface area contributed by atoms with Crippen molar-refractivity contribution in [3.8, 4) is 11.8 Å². The molecule has 2 N–H and O–H groups in total. The average molecular weight is 298 g/mol. The zero-order chi connectivity index (χ0) is 15.8. The van der Waals surface area contributed by atoms with E-state index < -0.39 is 40.2 Å². The molecule has 4 nitrogen and oxygen atoms in total. The Kier molecular flexibility index (Phi) is 3.81. The molecule has 0 unspecified atom stereocenters. The average Bonchev–Trinajstić information content (AvgIpc) is 2.82. The summed E-state index contributed by atoms with van der Waals surface area (Å²) in [7, 11) is 0. The van der Waals surface area contributed by atoms with E-state index in [0.29, 0.717) is 12.5 Å². The number of benzene rings is 1. The standard InChI is InChI=1S/C14H13F3N2O2/c1-7-3-2-4-14(7,6-18)19-13(21)8-5-9(15)11(17)12(20)10(8)16/h5,7,20H,2-4H2,1H3,(H,19,21)/t7-,14+/m1/s1. The molecule has 1 fully saturated rings. The van der Waals surface area contributed by atoms with Crippen molar-refractivity contribution in [2.24, 2.45) is 5.92 Å². The lowest BCUT2D eigenvalue weighted by Crippen LogP contribution is -2.49. The SMILES string of the molecule is C[C@@H]1CCC[C@@]1(C#N)NC(=O)c1cc(F)c(F)c(O)c1F. The maximum Gasteiger partial charge on any atom is 0.255 e. The lowest BCUT2D eigenvalue weighted by atomic mass is 9.89. The van der Waals surface area contributed by atoms with Gasteiger partial charge in [0.1, 0.15) is 5.54 Å². The third kappa shape index (κ3) is 2.42. The summed E-state index contributed by atoms with van der Waals surface area (Å²) in [5.74, 6) is -7.60. The van der Waals surface area contributed by atoms with Crippen LogP contribution in [0.5, 0.6) is 5.75 Å². The number of carbonyl (C=O) groups is 1. The van der Waals surface area contributed by atoms with Gasteiger partial charge in [0.25, 0.3) is 5.91 Å². The molecule has 0 heterocycles. The highest BCUT2D eigenvalue weighted by atomic mass is 19.2. The van der Waals surface area contributed by atoms with Crippen LogP contribution < -0.4 is 5.32 Å². The second-order valence-corrected chi connectivity index (χ2v) is 5.21. The number of hydrogen-bond acceptors (Lipinski definition) is 3. The van der Waals surface area contributed by atoms with Crippen LogP contribution >= 0.6 is 0 Å². The predicted molar refractivity (Wildman–Crippen MR) is 66.8 cm³/mol. The Morgan fingerprint density at radius 1 is 1.48 bits per heavy atom. The Labute approximate surface area is 119 Å². The topological polar surface area (TPSA) is 73.1 Å². The van der Waals surface area contributed by atoms with Crippen molar-refractivity contribution in [2.75, 3.05) is 0 Å². The lowest BCUT2D eigenvalue weighted by Gasteiger charge is -2.27. The molecular weight excluding hydrogens is 285 g/mol. The molecule has 1 aliphatic carbocycles. The highest BCUT2D eigenvalue weighted by Crippen LogP contribution is 2.35. The molecule has 1 saturated carbocycles. The molecule has 2 rings (SSSR count). The van der Waals surface area contributed by atoms with E-state index in [9.17, 15) is 23.2 Å². The van der Waals surface area contributed by atoms with Gasteiger partial charge in [0.2, 0.25) is 5.82 Å². The van der Waals surface area contributed by atoms with Crippen LogP contribution in [0.4, 0.5) is 13.2 Å². The maximum absolute atomic E-state index is 13.7. The van der Waals surface area contributed by atoms with Crippen molar-refractivity contribution in [3.63, 3.8) is 0 Å². The second-order valence-electron chi connectivity index (χ2n) is 5.21. The quantitative estimate of drug-likeness (QED) is 0.824. The van der Waals surface area contributed by atoms with Crippen molar-refractivity contribution in [1.82, 2.24) is 5.32 Å². The fraction of sp³-hybridized carbons (Fsp3) is 0.429. The van der Waals surface area contributed by atoms with Gasteiger partial charge >= 0.3 is 0 Å². The molecule has 0 aromatic heterocycles. The molecule has 0 aliphatic heterocycles. The second kappa shape index (κ2) is 5.28. The number of carbonyl (C=O) groups excluding carboxylic acids is 1. The Morgan fingerprint density at radius 2 is 2.14 bits per heavy atom. The Balaban J connectivity index is 2.36. The number of amides is 1. The van der Waals surface area contributed by atoms with Crippen LogP contribution in [-0.2, 0) is 0 Å². The molecule has 0 spiro atoms. The monoisotopic (exact) mass is 298 g/mol. The highest BCUT2D eigenvalue weighted by molar-refractivity contribution is 5.95. The minimum Gasteiger partial charge on any atom is -0.503 e. The van der Waals surface area contributed by atoms with Gasteiger partial charge in [-0.25, -0.2) is 8.78 Å². The summed E-state index contributed by atoms with van der Waals surface area (Å²) in [6.07, 6.45) is 1.84. The minimum absolute atomic E-state index is 0.145. The third-order valence-electron chi connectivity index (χ3n) is 3.96. The number of nitrogens with one attached hydrogen (secondary N) is 1. The van der Waals surface area contributed by atoms with Gasteiger partial charge < -0.3 is 10.4 Å². The normalized spacial score (nSPS) is 24.6. The molecule has 2 atom stereocenters. The number of aromatic hydroxyl groups is 1. The molecule has 0 bridgehead atoms. The van der Waals surface area contributed by atoms with Crippen LogP contribution in [0.3, 0.4) is 0 Å². The van der Waals surface area contributed by atoms with Crippen molar-refractivity contribution in [1.29, 1.82) is 5.26 Å². The lowest BCUT2D eigenvalue weighted by molar-refractivity contribution is 0.0900. The third-order valence-corrected chi connectivity index (χ3v) is 3.96. The van der Waals surface area contributed by atoms with Crippen LogP contribution in [-0.4, -0.2) is 16.6 Å². The summed E-state index contributed by atoms with van der Waals surface area (Å²) in [6.45, 7) is 1.77. The van der Waals surface area contributed by atoms with E-state index >= 15 is 0 Å². The largest absolute Gasteiger partial charge is 0.503 e. The van der Waals surface area contributed by atoms with E-state index in [1.807, 2.05) is 6.07 Å². The van der Waals surface area contributed by atoms with E-state index in [2.05, 4.69) is 5.32 Å². The first-order valence-electron chi connectivity index (χ1n) is 6.42. The van der Waals surface area contributed by atoms with Crippen LogP contribution in [0.2, 0.25) is 0 Å². The smallest absolute Gasteiger partial charge is 0.255 e. The molecule has 0 saturated heterocycles. The van der Waals surface area contributed by atoms with Gasteiger partial charge in [-0.1, -0.05) is 6.92 Å². The van der Waals surface area contributed by atoms with Gasteiger partial charge in [0.05, 0.1) is 11.6 Å². The Morgan fingerprint density at radius 3 is 2.67 bits per heavy atom. The summed E-state index contributed by atoms with van der Waals surface area (Å²) in [5.41, 5.74) is -2.00. The highest BCUT2D eigenvalue weighted by Gasteiger charge is 2.42. The van der Waals surface area contributed by atoms with E-state index in [1.165, 1.54) is 0 Å². The van der Waals surface area contributed by atoms with E-state index in [4.69, 9.17) is 5.11 Å². The van der Waals surface area contributed by atoms with Gasteiger partial charge in [-0.2, -0.15) is 9.65 Å². The van der Waals surface area contributed by atoms with E-state index in [0.717, 1.165) is 12.8 Å². The fourth-order valence-electron chi connectivity index (χ4n) is 2.59. The van der Waals surface area contributed by atoms with Crippen LogP contribution in [0.15, 0.2) is 6.07 Å². The number of phenolic OH excluding ortho intramolecular Hbond substituents is 1. The molecule has 1 aromatic carbocycles. The zero-order valence-electron chi connectivity index (χ0n) is 11.2. The van der Waals surface area contributed by atoms with Crippen LogP contribution in [0.1, 0.15) is 36.5 Å². The molecule has 1 amide bonds. The molecule has 1 aliphatic rings. The zero-order valence-corrected chi connectivity index (χ0v) is 11.2. The summed E-state index contributed by atoms with van der Waals surface area (Å²) in [6, 6.07) is 2.37. The first-order chi connectivity index (χ1) is 9.82. The number of nitriles is 1. The molecule has 112 valence electrons. The maximum atomic E-state index is 13.7. The first-order valence-corrected chi connectivity index (χ1v) is 6.42. The number of rotatable bonds is 2. The summed E-state index contributed by atoms with van der Waals surface area (Å²) in [4.78, 5) is 12.0. The fourth-order valence-corrected chi connectivity index (χ4v) is 2.59.